The molecule has 18 heavy (non-hydrogen) atoms. The van der Waals surface area contributed by atoms with E-state index < -0.39 is 0 Å². The molecule has 0 aliphatic heterocycles. The number of imidazole rings is 1. The van der Waals surface area contributed by atoms with Crippen LogP contribution in [0.5, 0.6) is 0 Å². The number of hydrogen-bond acceptors (Lipinski definition) is 3. The van der Waals surface area contributed by atoms with Crippen molar-refractivity contribution in [3.8, 4) is 11.4 Å². The number of hydrogen-bond donors (Lipinski definition) is 1. The molecule has 0 saturated heterocycles. The molecule has 0 amide bonds. The van der Waals surface area contributed by atoms with E-state index in [9.17, 15) is 0 Å². The van der Waals surface area contributed by atoms with Crippen LogP contribution in [0.4, 0.5) is 0 Å². The average molecular weight is 303 g/mol. The van der Waals surface area contributed by atoms with Crippen molar-refractivity contribution >= 4 is 15.9 Å². The van der Waals surface area contributed by atoms with Crippen molar-refractivity contribution in [3.05, 3.63) is 65.9 Å². The Hall–Kier alpha value is -2.01. The van der Waals surface area contributed by atoms with Gasteiger partial charge in [0.1, 0.15) is 12.2 Å². The lowest BCUT2D eigenvalue weighted by Gasteiger charge is -1.95. The summed E-state index contributed by atoms with van der Waals surface area (Å²) in [5.41, 5.74) is 1.10. The third-order valence-corrected chi connectivity index (χ3v) is 2.62. The van der Waals surface area contributed by atoms with E-state index in [-0.39, 0.29) is 0 Å². The third kappa shape index (κ3) is 3.78. The fourth-order valence-electron chi connectivity index (χ4n) is 1.28. The van der Waals surface area contributed by atoms with Crippen LogP contribution in [0.15, 0.2) is 65.9 Å². The highest BCUT2D eigenvalue weighted by Crippen LogP contribution is 2.17. The molecule has 0 atom stereocenters. The van der Waals surface area contributed by atoms with Crippen molar-refractivity contribution in [2.24, 2.45) is 0 Å². The SMILES string of the molecule is Brc1ccc(-c2ncc[nH]2)cc1.c1cncnc1. The van der Waals surface area contributed by atoms with Crippen molar-refractivity contribution in [1.29, 1.82) is 0 Å². The molecule has 2 heterocycles. The van der Waals surface area contributed by atoms with E-state index in [0.29, 0.717) is 0 Å². The first kappa shape index (κ1) is 12.4. The second-order valence-electron chi connectivity index (χ2n) is 3.35. The van der Waals surface area contributed by atoms with E-state index in [4.69, 9.17) is 0 Å². The fraction of sp³-hybridized carbons (Fsp3) is 0. The molecule has 5 heteroatoms. The van der Waals surface area contributed by atoms with Gasteiger partial charge in [0.05, 0.1) is 0 Å². The number of aromatic nitrogens is 4. The molecule has 0 radical (unpaired) electrons. The lowest BCUT2D eigenvalue weighted by molar-refractivity contribution is 1.17. The number of rotatable bonds is 1. The van der Waals surface area contributed by atoms with Crippen LogP contribution in [-0.4, -0.2) is 19.9 Å². The van der Waals surface area contributed by atoms with Gasteiger partial charge in [-0.1, -0.05) is 28.1 Å². The summed E-state index contributed by atoms with van der Waals surface area (Å²) in [7, 11) is 0. The lowest BCUT2D eigenvalue weighted by atomic mass is 10.2. The van der Waals surface area contributed by atoms with Crippen LogP contribution in [0.1, 0.15) is 0 Å². The predicted molar refractivity (Wildman–Crippen MR) is 73.8 cm³/mol. The van der Waals surface area contributed by atoms with Gasteiger partial charge in [-0.05, 0) is 18.2 Å². The Morgan fingerprint density at radius 2 is 1.67 bits per heavy atom. The van der Waals surface area contributed by atoms with Crippen molar-refractivity contribution in [3.63, 3.8) is 0 Å². The van der Waals surface area contributed by atoms with E-state index in [1.165, 1.54) is 6.33 Å². The van der Waals surface area contributed by atoms with Crippen LogP contribution in [-0.2, 0) is 0 Å². The zero-order chi connectivity index (χ0) is 12.6. The van der Waals surface area contributed by atoms with E-state index in [1.807, 2.05) is 30.5 Å². The lowest BCUT2D eigenvalue weighted by Crippen LogP contribution is -1.78. The molecule has 3 rings (SSSR count). The van der Waals surface area contributed by atoms with E-state index >= 15 is 0 Å². The number of benzene rings is 1. The molecule has 0 spiro atoms. The Balaban J connectivity index is 0.000000169. The topological polar surface area (TPSA) is 54.5 Å². The van der Waals surface area contributed by atoms with Gasteiger partial charge >= 0.3 is 0 Å². The summed E-state index contributed by atoms with van der Waals surface area (Å²) in [6.45, 7) is 0. The minimum atomic E-state index is 0.905. The zero-order valence-electron chi connectivity index (χ0n) is 9.49. The molecule has 0 fully saturated rings. The van der Waals surface area contributed by atoms with Gasteiger partial charge in [0.25, 0.3) is 0 Å². The maximum Gasteiger partial charge on any atom is 0.137 e. The number of H-pyrrole nitrogens is 1. The molecular formula is C13H11BrN4. The van der Waals surface area contributed by atoms with Gasteiger partial charge in [0.2, 0.25) is 0 Å². The Kier molecular flexibility index (Phi) is 4.60. The van der Waals surface area contributed by atoms with Crippen molar-refractivity contribution < 1.29 is 0 Å². The Morgan fingerprint density at radius 1 is 0.944 bits per heavy atom. The van der Waals surface area contributed by atoms with Crippen LogP contribution in [0.2, 0.25) is 0 Å². The second kappa shape index (κ2) is 6.66. The zero-order valence-corrected chi connectivity index (χ0v) is 11.1. The number of aromatic amines is 1. The van der Waals surface area contributed by atoms with Crippen LogP contribution < -0.4 is 0 Å². The Labute approximate surface area is 113 Å². The second-order valence-corrected chi connectivity index (χ2v) is 4.26. The van der Waals surface area contributed by atoms with Crippen molar-refractivity contribution in [2.45, 2.75) is 0 Å². The van der Waals surface area contributed by atoms with Crippen LogP contribution in [0, 0.1) is 0 Å². The van der Waals surface area contributed by atoms with E-state index in [2.05, 4.69) is 35.9 Å². The summed E-state index contributed by atoms with van der Waals surface area (Å²) in [5, 5.41) is 0. The highest BCUT2D eigenvalue weighted by Gasteiger charge is 1.97. The maximum absolute atomic E-state index is 4.15. The van der Waals surface area contributed by atoms with Crippen molar-refractivity contribution in [2.75, 3.05) is 0 Å². The molecule has 0 aliphatic rings. The van der Waals surface area contributed by atoms with E-state index in [0.717, 1.165) is 15.9 Å². The highest BCUT2D eigenvalue weighted by molar-refractivity contribution is 9.10. The minimum Gasteiger partial charge on any atom is -0.345 e. The van der Waals surface area contributed by atoms with Gasteiger partial charge in [-0.2, -0.15) is 0 Å². The normalized spacial score (nSPS) is 9.39. The summed E-state index contributed by atoms with van der Waals surface area (Å²) in [6.07, 6.45) is 8.44. The van der Waals surface area contributed by atoms with Crippen LogP contribution in [0.25, 0.3) is 11.4 Å². The monoisotopic (exact) mass is 302 g/mol. The highest BCUT2D eigenvalue weighted by atomic mass is 79.9. The molecular weight excluding hydrogens is 292 g/mol. The molecule has 2 aromatic heterocycles. The van der Waals surface area contributed by atoms with Gasteiger partial charge in [-0.15, -0.1) is 0 Å². The third-order valence-electron chi connectivity index (χ3n) is 2.09. The summed E-state index contributed by atoms with van der Waals surface area (Å²) >= 11 is 3.38. The summed E-state index contributed by atoms with van der Waals surface area (Å²) in [5.74, 6) is 0.905. The summed E-state index contributed by atoms with van der Waals surface area (Å²) in [6, 6.07) is 9.81. The van der Waals surface area contributed by atoms with Gasteiger partial charge in [0.15, 0.2) is 0 Å². The number of halogens is 1. The van der Waals surface area contributed by atoms with Crippen LogP contribution >= 0.6 is 15.9 Å². The quantitative estimate of drug-likeness (QED) is 0.750. The molecule has 1 N–H and O–H groups in total. The number of nitrogens with one attached hydrogen (secondary N) is 1. The standard InChI is InChI=1S/C9H7BrN2.C4H4N2/c10-8-3-1-7(2-4-8)9-11-5-6-12-9;1-2-5-4-6-3-1/h1-6H,(H,11,12);1-4H. The maximum atomic E-state index is 4.15. The molecule has 4 nitrogen and oxygen atoms in total. The molecule has 1 aromatic carbocycles. The van der Waals surface area contributed by atoms with E-state index in [1.54, 1.807) is 24.7 Å². The van der Waals surface area contributed by atoms with Crippen LogP contribution in [0.3, 0.4) is 0 Å². The predicted octanol–water partition coefficient (Wildman–Crippen LogP) is 3.32. The Bertz CT molecular complexity index is 523. The number of nitrogens with zero attached hydrogens (tertiary/aromatic N) is 3. The smallest absolute Gasteiger partial charge is 0.137 e. The molecule has 0 bridgehead atoms. The fourth-order valence-corrected chi connectivity index (χ4v) is 1.55. The summed E-state index contributed by atoms with van der Waals surface area (Å²) in [4.78, 5) is 14.5. The minimum absolute atomic E-state index is 0.905. The molecule has 0 aliphatic carbocycles. The molecule has 90 valence electrons. The first-order valence-electron chi connectivity index (χ1n) is 5.31. The van der Waals surface area contributed by atoms with Gasteiger partial charge in [-0.25, -0.2) is 15.0 Å². The van der Waals surface area contributed by atoms with Crippen molar-refractivity contribution in [1.82, 2.24) is 19.9 Å². The first-order valence-corrected chi connectivity index (χ1v) is 6.11. The van der Waals surface area contributed by atoms with Gasteiger partial charge < -0.3 is 4.98 Å². The van der Waals surface area contributed by atoms with Gasteiger partial charge in [-0.3, -0.25) is 0 Å². The largest absolute Gasteiger partial charge is 0.345 e. The summed E-state index contributed by atoms with van der Waals surface area (Å²) < 4.78 is 1.08. The average Bonchev–Trinajstić information content (AvgIpc) is 2.96. The molecule has 3 aromatic rings. The Morgan fingerprint density at radius 3 is 2.11 bits per heavy atom. The molecule has 0 saturated carbocycles. The first-order chi connectivity index (χ1) is 8.86. The molecule has 0 unspecified atom stereocenters. The van der Waals surface area contributed by atoms with Gasteiger partial charge in [0, 0.05) is 34.8 Å².